The zero-order valence-electron chi connectivity index (χ0n) is 19.4. The summed E-state index contributed by atoms with van der Waals surface area (Å²) in [5.41, 5.74) is 2.73. The van der Waals surface area contributed by atoms with Gasteiger partial charge in [-0.25, -0.2) is 0 Å². The summed E-state index contributed by atoms with van der Waals surface area (Å²) in [5, 5.41) is 5.88. The van der Waals surface area contributed by atoms with Crippen LogP contribution in [0.15, 0.2) is 69.6 Å². The molecule has 0 radical (unpaired) electrons. The molecule has 0 atom stereocenters. The standard InChI is InChI=1S/C26H27BrN4O3S/c1-2-3-24(32)31-16-14-30(15-17-31)21-10-8-20(9-11-21)28-26(35)29-25(33)23-13-12-22(34-23)18-4-6-19(27)7-5-18/h4-13H,2-3,14-17H2,1H3,(H2,28,29,33,35). The third kappa shape index (κ3) is 6.49. The van der Waals surface area contributed by atoms with E-state index in [-0.39, 0.29) is 16.8 Å². The van der Waals surface area contributed by atoms with Gasteiger partial charge < -0.3 is 19.5 Å². The van der Waals surface area contributed by atoms with Crippen molar-refractivity contribution in [3.8, 4) is 11.3 Å². The number of amides is 2. The highest BCUT2D eigenvalue weighted by Crippen LogP contribution is 2.24. The summed E-state index contributed by atoms with van der Waals surface area (Å²) in [6.45, 7) is 5.12. The predicted molar refractivity (Wildman–Crippen MR) is 146 cm³/mol. The van der Waals surface area contributed by atoms with Gasteiger partial charge in [-0.3, -0.25) is 14.9 Å². The molecular formula is C26H27BrN4O3S. The molecular weight excluding hydrogens is 528 g/mol. The Bertz CT molecular complexity index is 1190. The number of carbonyl (C=O) groups is 2. The lowest BCUT2D eigenvalue weighted by atomic mass is 10.2. The fourth-order valence-corrected chi connectivity index (χ4v) is 4.37. The molecule has 7 nitrogen and oxygen atoms in total. The van der Waals surface area contributed by atoms with Crippen molar-refractivity contribution in [3.05, 3.63) is 70.9 Å². The van der Waals surface area contributed by atoms with Gasteiger partial charge in [0.15, 0.2) is 10.9 Å². The zero-order chi connectivity index (χ0) is 24.8. The molecule has 3 aromatic rings. The molecule has 35 heavy (non-hydrogen) atoms. The molecule has 4 rings (SSSR count). The van der Waals surface area contributed by atoms with Crippen LogP contribution in [-0.2, 0) is 4.79 Å². The van der Waals surface area contributed by atoms with Crippen LogP contribution in [0, 0.1) is 0 Å². The van der Waals surface area contributed by atoms with Gasteiger partial charge in [-0.1, -0.05) is 35.0 Å². The van der Waals surface area contributed by atoms with Gasteiger partial charge in [0, 0.05) is 54.0 Å². The van der Waals surface area contributed by atoms with Gasteiger partial charge in [-0.15, -0.1) is 0 Å². The average Bonchev–Trinajstić information content (AvgIpc) is 3.36. The number of nitrogens with one attached hydrogen (secondary N) is 2. The molecule has 2 N–H and O–H groups in total. The van der Waals surface area contributed by atoms with Crippen LogP contribution >= 0.6 is 28.1 Å². The van der Waals surface area contributed by atoms with Crippen LogP contribution in [0.25, 0.3) is 11.3 Å². The maximum atomic E-state index is 12.5. The third-order valence-corrected chi connectivity index (χ3v) is 6.50. The van der Waals surface area contributed by atoms with Crippen LogP contribution < -0.4 is 15.5 Å². The van der Waals surface area contributed by atoms with Crippen LogP contribution in [0.1, 0.15) is 30.3 Å². The maximum Gasteiger partial charge on any atom is 0.293 e. The van der Waals surface area contributed by atoms with Crippen LogP contribution in [0.4, 0.5) is 11.4 Å². The number of nitrogens with zero attached hydrogens (tertiary/aromatic N) is 2. The van der Waals surface area contributed by atoms with Crippen molar-refractivity contribution in [1.82, 2.24) is 10.2 Å². The number of anilines is 2. The summed E-state index contributed by atoms with van der Waals surface area (Å²) in [6.07, 6.45) is 1.49. The molecule has 2 heterocycles. The van der Waals surface area contributed by atoms with Crippen molar-refractivity contribution in [2.45, 2.75) is 19.8 Å². The molecule has 0 saturated carbocycles. The van der Waals surface area contributed by atoms with E-state index < -0.39 is 5.91 Å². The van der Waals surface area contributed by atoms with Gasteiger partial charge in [0.05, 0.1) is 0 Å². The van der Waals surface area contributed by atoms with Gasteiger partial charge in [-0.2, -0.15) is 0 Å². The first-order valence-electron chi connectivity index (χ1n) is 11.5. The van der Waals surface area contributed by atoms with Crippen LogP contribution in [-0.4, -0.2) is 48.0 Å². The molecule has 1 aliphatic heterocycles. The molecule has 0 aliphatic carbocycles. The van der Waals surface area contributed by atoms with Gasteiger partial charge in [-0.05, 0) is 67.2 Å². The summed E-state index contributed by atoms with van der Waals surface area (Å²) in [5.74, 6) is 0.603. The van der Waals surface area contributed by atoms with E-state index in [2.05, 4.69) is 31.5 Å². The van der Waals surface area contributed by atoms with Crippen molar-refractivity contribution in [2.24, 2.45) is 0 Å². The SMILES string of the molecule is CCCC(=O)N1CCN(c2ccc(NC(=S)NC(=O)c3ccc(-c4ccc(Br)cc4)o3)cc2)CC1. The quantitative estimate of drug-likeness (QED) is 0.403. The second-order valence-electron chi connectivity index (χ2n) is 8.24. The summed E-state index contributed by atoms with van der Waals surface area (Å²) >= 11 is 8.71. The van der Waals surface area contributed by atoms with Crippen molar-refractivity contribution < 1.29 is 14.0 Å². The number of piperazine rings is 1. The molecule has 1 aromatic heterocycles. The zero-order valence-corrected chi connectivity index (χ0v) is 21.8. The molecule has 2 amide bonds. The van der Waals surface area contributed by atoms with Crippen LogP contribution in [0.2, 0.25) is 0 Å². The molecule has 0 unspecified atom stereocenters. The normalized spacial score (nSPS) is 13.4. The Labute approximate surface area is 218 Å². The van der Waals surface area contributed by atoms with Gasteiger partial charge >= 0.3 is 0 Å². The number of thiocarbonyl (C=S) groups is 1. The van der Waals surface area contributed by atoms with E-state index in [4.69, 9.17) is 16.6 Å². The molecule has 182 valence electrons. The Morgan fingerprint density at radius 3 is 2.31 bits per heavy atom. The van der Waals surface area contributed by atoms with Crippen LogP contribution in [0.3, 0.4) is 0 Å². The molecule has 1 fully saturated rings. The van der Waals surface area contributed by atoms with Crippen LogP contribution in [0.5, 0.6) is 0 Å². The molecule has 9 heteroatoms. The number of hydrogen-bond acceptors (Lipinski definition) is 5. The first-order valence-corrected chi connectivity index (χ1v) is 12.7. The lowest BCUT2D eigenvalue weighted by Gasteiger charge is -2.36. The molecule has 1 aliphatic rings. The smallest absolute Gasteiger partial charge is 0.293 e. The van der Waals surface area contributed by atoms with E-state index in [1.54, 1.807) is 12.1 Å². The van der Waals surface area contributed by atoms with E-state index in [1.165, 1.54) is 0 Å². The van der Waals surface area contributed by atoms with E-state index in [1.807, 2.05) is 60.4 Å². The topological polar surface area (TPSA) is 77.8 Å². The number of carbonyl (C=O) groups excluding carboxylic acids is 2. The molecule has 0 spiro atoms. The summed E-state index contributed by atoms with van der Waals surface area (Å²) in [6, 6.07) is 18.9. The number of benzene rings is 2. The summed E-state index contributed by atoms with van der Waals surface area (Å²) in [4.78, 5) is 28.8. The fraction of sp³-hybridized carbons (Fsp3) is 0.269. The van der Waals surface area contributed by atoms with E-state index in [9.17, 15) is 9.59 Å². The van der Waals surface area contributed by atoms with Gasteiger partial charge in [0.1, 0.15) is 5.76 Å². The Hall–Kier alpha value is -3.17. The minimum absolute atomic E-state index is 0.180. The van der Waals surface area contributed by atoms with Crippen molar-refractivity contribution >= 4 is 56.4 Å². The minimum atomic E-state index is -0.419. The number of furan rings is 1. The second-order valence-corrected chi connectivity index (χ2v) is 9.57. The maximum absolute atomic E-state index is 12.5. The largest absolute Gasteiger partial charge is 0.451 e. The average molecular weight is 555 g/mol. The predicted octanol–water partition coefficient (Wildman–Crippen LogP) is 5.28. The molecule has 2 aromatic carbocycles. The monoisotopic (exact) mass is 554 g/mol. The number of halogens is 1. The lowest BCUT2D eigenvalue weighted by molar-refractivity contribution is -0.131. The van der Waals surface area contributed by atoms with E-state index in [0.717, 1.165) is 54.0 Å². The minimum Gasteiger partial charge on any atom is -0.451 e. The lowest BCUT2D eigenvalue weighted by Crippen LogP contribution is -2.48. The Morgan fingerprint density at radius 1 is 0.971 bits per heavy atom. The molecule has 0 bridgehead atoms. The third-order valence-electron chi connectivity index (χ3n) is 5.77. The Balaban J connectivity index is 1.28. The Kier molecular flexibility index (Phi) is 8.20. The van der Waals surface area contributed by atoms with Gasteiger partial charge in [0.2, 0.25) is 5.91 Å². The Morgan fingerprint density at radius 2 is 1.66 bits per heavy atom. The highest BCUT2D eigenvalue weighted by atomic mass is 79.9. The number of rotatable bonds is 6. The summed E-state index contributed by atoms with van der Waals surface area (Å²) < 4.78 is 6.67. The first kappa shape index (κ1) is 24.9. The van der Waals surface area contributed by atoms with Crippen molar-refractivity contribution in [1.29, 1.82) is 0 Å². The second kappa shape index (κ2) is 11.5. The first-order chi connectivity index (χ1) is 16.9. The van der Waals surface area contributed by atoms with Gasteiger partial charge in [0.25, 0.3) is 5.91 Å². The number of hydrogen-bond donors (Lipinski definition) is 2. The highest BCUT2D eigenvalue weighted by Gasteiger charge is 2.20. The van der Waals surface area contributed by atoms with E-state index in [0.29, 0.717) is 12.2 Å². The highest BCUT2D eigenvalue weighted by molar-refractivity contribution is 9.10. The molecule has 1 saturated heterocycles. The van der Waals surface area contributed by atoms with E-state index >= 15 is 0 Å². The summed E-state index contributed by atoms with van der Waals surface area (Å²) in [7, 11) is 0. The fourth-order valence-electron chi connectivity index (χ4n) is 3.90. The van der Waals surface area contributed by atoms with Crippen molar-refractivity contribution in [3.63, 3.8) is 0 Å². The van der Waals surface area contributed by atoms with Crippen molar-refractivity contribution in [2.75, 3.05) is 36.4 Å².